The molecule has 0 unspecified atom stereocenters. The highest BCUT2D eigenvalue weighted by molar-refractivity contribution is 7.95. The molecule has 0 aliphatic carbocycles. The van der Waals surface area contributed by atoms with Crippen molar-refractivity contribution in [1.82, 2.24) is 0 Å². The first-order valence-corrected chi connectivity index (χ1v) is 10.7. The van der Waals surface area contributed by atoms with Crippen LogP contribution in [-0.4, -0.2) is 22.3 Å². The Hall–Kier alpha value is -3.10. The van der Waals surface area contributed by atoms with Crippen molar-refractivity contribution in [2.75, 3.05) is 6.16 Å². The predicted octanol–water partition coefficient (Wildman–Crippen LogP) is 2.83. The Morgan fingerprint density at radius 3 is 1.50 bits per heavy atom. The van der Waals surface area contributed by atoms with Crippen LogP contribution in [0.5, 0.6) is 0 Å². The summed E-state index contributed by atoms with van der Waals surface area (Å²) in [5, 5.41) is 22.8. The molecule has 0 fully saturated rings. The van der Waals surface area contributed by atoms with Gasteiger partial charge in [0.1, 0.15) is 24.6 Å². The van der Waals surface area contributed by atoms with Gasteiger partial charge in [0.05, 0.1) is 6.16 Å². The summed E-state index contributed by atoms with van der Waals surface area (Å²) in [4.78, 5) is 9.40. The summed E-state index contributed by atoms with van der Waals surface area (Å²) in [6, 6.07) is 30.9. The second-order valence-electron chi connectivity index (χ2n) is 6.01. The van der Waals surface area contributed by atoms with Gasteiger partial charge in [-0.25, -0.2) is 0 Å². The zero-order chi connectivity index (χ0) is 21.8. The minimum Gasteiger partial charge on any atom is -0.629 e. The fourth-order valence-corrected chi connectivity index (χ4v) is 7.02. The molecule has 2 N–H and O–H groups in total. The summed E-state index contributed by atoms with van der Waals surface area (Å²) >= 11 is 0. The number of allylic oxidation sites excluding steroid dienone is 1. The molecular weight excluding hydrogens is 371 g/mol. The number of carboxylic acids is 1. The highest BCUT2D eigenvalue weighted by atomic mass is 31.2. The van der Waals surface area contributed by atoms with Gasteiger partial charge < -0.3 is 15.3 Å². The van der Waals surface area contributed by atoms with Crippen molar-refractivity contribution in [3.63, 3.8) is 0 Å². The lowest BCUT2D eigenvalue weighted by Crippen LogP contribution is -2.33. The summed E-state index contributed by atoms with van der Waals surface area (Å²) < 4.78 is 12.7. The van der Waals surface area contributed by atoms with Gasteiger partial charge in [0, 0.05) is 12.9 Å². The normalized spacial score (nSPS) is 12.0. The number of hydrogen-bond donors (Lipinski definition) is 2. The first-order valence-electron chi connectivity index (χ1n) is 9.55. The number of hydrogen-bond acceptors (Lipinski definition) is 4. The fraction of sp³-hybridized carbons (Fsp3) is 0.0870. The lowest BCUT2D eigenvalue weighted by atomic mass is 10.4. The molecule has 3 aromatic carbocycles. The van der Waals surface area contributed by atoms with E-state index in [1.165, 1.54) is 28.9 Å². The molecule has 28 heavy (non-hydrogen) atoms. The summed E-state index contributed by atoms with van der Waals surface area (Å²) in [6.07, 6.45) is 2.01. The molecule has 0 saturated carbocycles. The maximum absolute atomic E-state index is 11.7. The predicted molar refractivity (Wildman–Crippen MR) is 114 cm³/mol. The minimum absolute atomic E-state index is 0.517. The van der Waals surface area contributed by atoms with Gasteiger partial charge in [-0.1, -0.05) is 54.6 Å². The maximum atomic E-state index is 11.7. The third-order valence-corrected chi connectivity index (χ3v) is 8.39. The molecular formula is C23H23O4P. The van der Waals surface area contributed by atoms with E-state index in [4.69, 9.17) is 2.86 Å². The van der Waals surface area contributed by atoms with Crippen molar-refractivity contribution in [2.45, 2.75) is 6.92 Å². The van der Waals surface area contributed by atoms with Crippen LogP contribution in [0, 0.1) is 0 Å². The molecule has 0 atom stereocenters. The Bertz CT molecular complexity index is 839. The van der Waals surface area contributed by atoms with E-state index in [1.54, 1.807) is 0 Å². The van der Waals surface area contributed by atoms with Gasteiger partial charge in [0.2, 0.25) is 0 Å². The van der Waals surface area contributed by atoms with Gasteiger partial charge >= 0.3 is 0 Å². The summed E-state index contributed by atoms with van der Waals surface area (Å²) in [6.45, 7) is 1.17. The Labute approximate surface area is 168 Å². The molecule has 0 amide bonds. The van der Waals surface area contributed by atoms with Crippen molar-refractivity contribution >= 4 is 29.1 Å². The second-order valence-corrected chi connectivity index (χ2v) is 9.55. The van der Waals surface area contributed by atoms with Crippen LogP contribution in [0.1, 0.15) is 6.92 Å². The highest BCUT2D eigenvalue weighted by Gasteiger charge is 2.44. The lowest BCUT2D eigenvalue weighted by Gasteiger charge is -2.26. The van der Waals surface area contributed by atoms with Crippen LogP contribution in [0.2, 0.25) is 0 Å². The van der Waals surface area contributed by atoms with Gasteiger partial charge in [0.15, 0.2) is 0 Å². The third kappa shape index (κ3) is 5.45. The van der Waals surface area contributed by atoms with E-state index >= 15 is 0 Å². The topological polar surface area (TPSA) is 80.6 Å². The SMILES string of the molecule is [2H]O/C([O-])=C/C[P+](c1ccccc1)(c1ccccc1)c1ccccc1.[2H]OC(C)=O. The van der Waals surface area contributed by atoms with Gasteiger partial charge in [0.25, 0.3) is 7.40 Å². The Morgan fingerprint density at radius 1 is 0.857 bits per heavy atom. The molecule has 0 radical (unpaired) electrons. The minimum atomic E-state index is -2.06. The molecule has 3 rings (SSSR count). The van der Waals surface area contributed by atoms with Crippen molar-refractivity contribution in [3.8, 4) is 0 Å². The zero-order valence-corrected chi connectivity index (χ0v) is 16.4. The van der Waals surface area contributed by atoms with Gasteiger partial charge in [-0.15, -0.1) is 0 Å². The Kier molecular flexibility index (Phi) is 6.72. The summed E-state index contributed by atoms with van der Waals surface area (Å²) in [7, 11) is -2.06. The first-order chi connectivity index (χ1) is 14.5. The van der Waals surface area contributed by atoms with Crippen molar-refractivity contribution in [2.24, 2.45) is 0 Å². The first kappa shape index (κ1) is 18.3. The van der Waals surface area contributed by atoms with Crippen LogP contribution in [0.25, 0.3) is 2.86 Å². The molecule has 0 aliphatic rings. The number of aliphatic hydroxyl groups excluding tert-OH is 1. The average Bonchev–Trinajstić information content (AvgIpc) is 2.81. The second kappa shape index (κ2) is 10.3. The van der Waals surface area contributed by atoms with Crippen LogP contribution in [0.4, 0.5) is 0 Å². The molecule has 144 valence electrons. The van der Waals surface area contributed by atoms with Crippen molar-refractivity contribution in [1.29, 1.82) is 2.86 Å². The van der Waals surface area contributed by atoms with Gasteiger partial charge in [-0.05, 0) is 42.5 Å². The lowest BCUT2D eigenvalue weighted by molar-refractivity contribution is -0.348. The highest BCUT2D eigenvalue weighted by Crippen LogP contribution is 2.55. The van der Waals surface area contributed by atoms with E-state index in [1.807, 2.05) is 54.6 Å². The van der Waals surface area contributed by atoms with Crippen LogP contribution in [0.3, 0.4) is 0 Å². The molecule has 3 aromatic rings. The van der Waals surface area contributed by atoms with E-state index in [0.29, 0.717) is 6.16 Å². The average molecular weight is 396 g/mol. The standard InChI is InChI=1S/C21H19O2P.C2H4O2/c22-21(23)16-17-24(18-10-4-1-5-11-18,19-12-6-2-7-13-19)20-14-8-3-9-15-20;1-2(3)4/h1-16H,17H2,(H-,22,23);1H3,(H,3,4)/i/hD2. The van der Waals surface area contributed by atoms with Crippen LogP contribution >= 0.6 is 7.26 Å². The number of aliphatic hydroxyl groups is 1. The summed E-state index contributed by atoms with van der Waals surface area (Å²) in [5.41, 5.74) is 0. The Morgan fingerprint density at radius 2 is 1.21 bits per heavy atom. The molecule has 0 bridgehead atoms. The van der Waals surface area contributed by atoms with Crippen LogP contribution < -0.4 is 21.0 Å². The molecule has 0 spiro atoms. The quantitative estimate of drug-likeness (QED) is 0.496. The smallest absolute Gasteiger partial charge is 0.300 e. The molecule has 0 heterocycles. The number of rotatable bonds is 6. The number of benzene rings is 3. The zero-order valence-electron chi connectivity index (χ0n) is 17.5. The van der Waals surface area contributed by atoms with Crippen molar-refractivity contribution in [3.05, 3.63) is 103 Å². The van der Waals surface area contributed by atoms with E-state index in [2.05, 4.69) is 46.6 Å². The van der Waals surface area contributed by atoms with Gasteiger partial charge in [-0.3, -0.25) is 4.79 Å². The Balaban J connectivity index is 0.000000575. The molecule has 5 heteroatoms. The van der Waals surface area contributed by atoms with E-state index < -0.39 is 19.2 Å². The number of carboxylic acid groups (broad SMARTS) is 1. The maximum Gasteiger partial charge on any atom is 0.300 e. The largest absolute Gasteiger partial charge is 0.629 e. The monoisotopic (exact) mass is 396 g/mol. The van der Waals surface area contributed by atoms with E-state index in [0.717, 1.165) is 0 Å². The van der Waals surface area contributed by atoms with E-state index in [9.17, 15) is 9.90 Å². The number of carbonyl (C=O) groups is 1. The van der Waals surface area contributed by atoms with Gasteiger partial charge in [-0.2, -0.15) is 0 Å². The molecule has 0 aromatic heterocycles. The van der Waals surface area contributed by atoms with Crippen LogP contribution in [0.15, 0.2) is 103 Å². The molecule has 0 saturated heterocycles. The summed E-state index contributed by atoms with van der Waals surface area (Å²) in [5.74, 6) is -1.20. The fourth-order valence-electron chi connectivity index (χ4n) is 3.02. The van der Waals surface area contributed by atoms with Crippen LogP contribution in [-0.2, 0) is 4.79 Å². The number of aliphatic carboxylic acids is 1. The van der Waals surface area contributed by atoms with E-state index in [-0.39, 0.29) is 0 Å². The third-order valence-electron chi connectivity index (χ3n) is 4.12. The molecule has 4 nitrogen and oxygen atoms in total. The van der Waals surface area contributed by atoms with Crippen molar-refractivity contribution < 1.29 is 20.1 Å². The molecule has 0 aliphatic heterocycles.